The number of aliphatic hydroxyl groups is 1. The van der Waals surface area contributed by atoms with Gasteiger partial charge in [0.15, 0.2) is 5.82 Å². The van der Waals surface area contributed by atoms with Crippen LogP contribution in [0.15, 0.2) is 49.1 Å². The van der Waals surface area contributed by atoms with Crippen LogP contribution in [0, 0.1) is 5.82 Å². The topological polar surface area (TPSA) is 70.8 Å². The standard InChI is InChI=1S/C20H23F4N3O2/c1-3-11-27(12-13-5-7-14(8-6-13)20(22,23)24)16-10-9-15(18(25)17(16)21)26-19(28)29-4-2/h3,5-10,19,26,28H,1,4,11-12,25H2,2H3. The number of hydrogen-bond donors (Lipinski definition) is 3. The Morgan fingerprint density at radius 1 is 1.24 bits per heavy atom. The largest absolute Gasteiger partial charge is 0.416 e. The van der Waals surface area contributed by atoms with Crippen LogP contribution in [-0.2, 0) is 17.5 Å². The number of nitrogen functional groups attached to an aromatic ring is 1. The lowest BCUT2D eigenvalue weighted by atomic mass is 10.1. The molecule has 0 saturated heterocycles. The Hall–Kier alpha value is -2.78. The Morgan fingerprint density at radius 2 is 1.90 bits per heavy atom. The summed E-state index contributed by atoms with van der Waals surface area (Å²) in [6.07, 6.45) is -4.22. The van der Waals surface area contributed by atoms with Crippen molar-refractivity contribution in [2.45, 2.75) is 26.1 Å². The minimum atomic E-state index is -4.42. The highest BCUT2D eigenvalue weighted by Crippen LogP contribution is 2.33. The molecule has 0 saturated carbocycles. The number of nitrogens with zero attached hydrogens (tertiary/aromatic N) is 1. The summed E-state index contributed by atoms with van der Waals surface area (Å²) in [6.45, 7) is 5.96. The molecule has 29 heavy (non-hydrogen) atoms. The monoisotopic (exact) mass is 413 g/mol. The van der Waals surface area contributed by atoms with E-state index in [0.29, 0.717) is 5.56 Å². The molecule has 0 aromatic heterocycles. The van der Waals surface area contributed by atoms with Gasteiger partial charge in [0.25, 0.3) is 0 Å². The van der Waals surface area contributed by atoms with Gasteiger partial charge in [-0.3, -0.25) is 0 Å². The molecule has 0 fully saturated rings. The molecule has 5 nitrogen and oxygen atoms in total. The second-order valence-corrected chi connectivity index (χ2v) is 6.18. The molecular formula is C20H23F4N3O2. The molecule has 0 bridgehead atoms. The quantitative estimate of drug-likeness (QED) is 0.247. The number of benzene rings is 2. The first kappa shape index (κ1) is 22.5. The molecule has 0 radical (unpaired) electrons. The number of nitrogens with one attached hydrogen (secondary N) is 1. The van der Waals surface area contributed by atoms with Crippen LogP contribution < -0.4 is 16.0 Å². The van der Waals surface area contributed by atoms with E-state index in [0.717, 1.165) is 12.1 Å². The Morgan fingerprint density at radius 3 is 2.45 bits per heavy atom. The molecule has 2 rings (SSSR count). The molecule has 0 heterocycles. The van der Waals surface area contributed by atoms with E-state index in [2.05, 4.69) is 11.9 Å². The van der Waals surface area contributed by atoms with Crippen molar-refractivity contribution in [3.8, 4) is 0 Å². The summed E-state index contributed by atoms with van der Waals surface area (Å²) in [5.74, 6) is -0.729. The van der Waals surface area contributed by atoms with E-state index >= 15 is 0 Å². The number of hydrogen-bond acceptors (Lipinski definition) is 5. The van der Waals surface area contributed by atoms with E-state index in [-0.39, 0.29) is 36.8 Å². The van der Waals surface area contributed by atoms with Gasteiger partial charge in [0.1, 0.15) is 0 Å². The van der Waals surface area contributed by atoms with Gasteiger partial charge < -0.3 is 25.8 Å². The van der Waals surface area contributed by atoms with Gasteiger partial charge in [-0.25, -0.2) is 4.39 Å². The number of aliphatic hydroxyl groups excluding tert-OH is 1. The Kier molecular flexibility index (Phi) is 7.46. The molecule has 2 aromatic rings. The predicted octanol–water partition coefficient (Wildman–Crippen LogP) is 4.34. The molecule has 1 atom stereocenters. The van der Waals surface area contributed by atoms with Crippen molar-refractivity contribution >= 4 is 17.1 Å². The average Bonchev–Trinajstić information content (AvgIpc) is 2.65. The van der Waals surface area contributed by atoms with Crippen LogP contribution in [0.4, 0.5) is 34.6 Å². The number of nitrogens with two attached hydrogens (primary N) is 1. The summed E-state index contributed by atoms with van der Waals surface area (Å²) >= 11 is 0. The maximum Gasteiger partial charge on any atom is 0.416 e. The van der Waals surface area contributed by atoms with Crippen LogP contribution in [0.25, 0.3) is 0 Å². The SMILES string of the molecule is C=CCN(Cc1ccc(C(F)(F)F)cc1)c1ccc(NC(O)OCC)c(N)c1F. The van der Waals surface area contributed by atoms with Crippen LogP contribution in [0.1, 0.15) is 18.1 Å². The molecule has 0 amide bonds. The van der Waals surface area contributed by atoms with Gasteiger partial charge in [0, 0.05) is 19.7 Å². The first-order valence-electron chi connectivity index (χ1n) is 8.83. The number of halogens is 4. The van der Waals surface area contributed by atoms with E-state index in [1.165, 1.54) is 24.3 Å². The van der Waals surface area contributed by atoms with Crippen molar-refractivity contribution in [2.24, 2.45) is 0 Å². The highest BCUT2D eigenvalue weighted by atomic mass is 19.4. The van der Waals surface area contributed by atoms with Gasteiger partial charge in [-0.05, 0) is 36.8 Å². The zero-order chi connectivity index (χ0) is 21.6. The fourth-order valence-electron chi connectivity index (χ4n) is 2.71. The molecular weight excluding hydrogens is 390 g/mol. The summed E-state index contributed by atoms with van der Waals surface area (Å²) in [5, 5.41) is 12.2. The summed E-state index contributed by atoms with van der Waals surface area (Å²) < 4.78 is 58.0. The van der Waals surface area contributed by atoms with E-state index in [4.69, 9.17) is 10.5 Å². The third-order valence-electron chi connectivity index (χ3n) is 4.11. The Labute approximate surface area is 166 Å². The molecule has 158 valence electrons. The maximum absolute atomic E-state index is 14.9. The zero-order valence-electron chi connectivity index (χ0n) is 15.8. The van der Waals surface area contributed by atoms with E-state index < -0.39 is 24.0 Å². The summed E-state index contributed by atoms with van der Waals surface area (Å²) in [7, 11) is 0. The average molecular weight is 413 g/mol. The predicted molar refractivity (Wildman–Crippen MR) is 105 cm³/mol. The van der Waals surface area contributed by atoms with Crippen LogP contribution in [0.5, 0.6) is 0 Å². The number of ether oxygens (including phenoxy) is 1. The van der Waals surface area contributed by atoms with Crippen molar-refractivity contribution in [3.63, 3.8) is 0 Å². The highest BCUT2D eigenvalue weighted by molar-refractivity contribution is 5.73. The Bertz CT molecular complexity index is 826. The zero-order valence-corrected chi connectivity index (χ0v) is 15.8. The highest BCUT2D eigenvalue weighted by Gasteiger charge is 2.30. The fraction of sp³-hybridized carbons (Fsp3) is 0.300. The molecule has 0 aliphatic rings. The molecule has 4 N–H and O–H groups in total. The van der Waals surface area contributed by atoms with Crippen molar-refractivity contribution in [1.82, 2.24) is 0 Å². The van der Waals surface area contributed by atoms with Gasteiger partial charge in [-0.1, -0.05) is 18.2 Å². The van der Waals surface area contributed by atoms with Gasteiger partial charge >= 0.3 is 6.18 Å². The number of anilines is 3. The second-order valence-electron chi connectivity index (χ2n) is 6.18. The van der Waals surface area contributed by atoms with Crippen LogP contribution in [0.3, 0.4) is 0 Å². The minimum absolute atomic E-state index is 0.148. The first-order valence-corrected chi connectivity index (χ1v) is 8.83. The van der Waals surface area contributed by atoms with Crippen molar-refractivity contribution in [2.75, 3.05) is 29.1 Å². The molecule has 1 unspecified atom stereocenters. The number of alkyl halides is 3. The molecule has 0 aliphatic carbocycles. The third kappa shape index (κ3) is 5.85. The molecule has 0 spiro atoms. The molecule has 9 heteroatoms. The lowest BCUT2D eigenvalue weighted by Gasteiger charge is -2.26. The molecule has 0 aliphatic heterocycles. The van der Waals surface area contributed by atoms with E-state index in [9.17, 15) is 22.7 Å². The Balaban J connectivity index is 2.26. The summed E-state index contributed by atoms with van der Waals surface area (Å²) in [5.41, 5.74) is 5.73. The summed E-state index contributed by atoms with van der Waals surface area (Å²) in [6, 6.07) is 7.59. The maximum atomic E-state index is 14.9. The van der Waals surface area contributed by atoms with Crippen molar-refractivity contribution < 1.29 is 27.4 Å². The van der Waals surface area contributed by atoms with E-state index in [1.54, 1.807) is 17.9 Å². The van der Waals surface area contributed by atoms with Crippen LogP contribution in [-0.4, -0.2) is 24.7 Å². The lowest BCUT2D eigenvalue weighted by Crippen LogP contribution is -2.25. The normalized spacial score (nSPS) is 12.5. The van der Waals surface area contributed by atoms with Gasteiger partial charge in [0.05, 0.1) is 22.6 Å². The van der Waals surface area contributed by atoms with Crippen LogP contribution >= 0.6 is 0 Å². The summed E-state index contributed by atoms with van der Waals surface area (Å²) in [4.78, 5) is 1.59. The first-order chi connectivity index (χ1) is 13.7. The van der Waals surface area contributed by atoms with Crippen molar-refractivity contribution in [3.05, 3.63) is 66.0 Å². The third-order valence-corrected chi connectivity index (χ3v) is 4.11. The fourth-order valence-corrected chi connectivity index (χ4v) is 2.71. The molecule has 2 aromatic carbocycles. The number of rotatable bonds is 9. The second kappa shape index (κ2) is 9.62. The minimum Gasteiger partial charge on any atom is -0.395 e. The van der Waals surface area contributed by atoms with Gasteiger partial charge in [0.2, 0.25) is 6.41 Å². The van der Waals surface area contributed by atoms with E-state index in [1.807, 2.05) is 0 Å². The van der Waals surface area contributed by atoms with Crippen LogP contribution in [0.2, 0.25) is 0 Å². The van der Waals surface area contributed by atoms with Gasteiger partial charge in [-0.2, -0.15) is 13.2 Å². The lowest BCUT2D eigenvalue weighted by molar-refractivity contribution is -0.137. The van der Waals surface area contributed by atoms with Gasteiger partial charge in [-0.15, -0.1) is 6.58 Å². The smallest absolute Gasteiger partial charge is 0.395 e. The van der Waals surface area contributed by atoms with Crippen molar-refractivity contribution in [1.29, 1.82) is 0 Å².